The number of nitrogens with one attached hydrogen (secondary N) is 1. The second kappa shape index (κ2) is 6.72. The maximum Gasteiger partial charge on any atom is 0.0576 e. The van der Waals surface area contributed by atoms with E-state index < -0.39 is 0 Å². The predicted molar refractivity (Wildman–Crippen MR) is 68.9 cm³/mol. The molecule has 1 aromatic rings. The van der Waals surface area contributed by atoms with Crippen LogP contribution in [0.15, 0.2) is 24.5 Å². The molecule has 1 aliphatic heterocycles. The molecule has 3 heteroatoms. The Morgan fingerprint density at radius 1 is 1.59 bits per heavy atom. The summed E-state index contributed by atoms with van der Waals surface area (Å²) in [7, 11) is 0. The fraction of sp³-hybridized carbons (Fsp3) is 0.643. The number of pyridine rings is 1. The van der Waals surface area contributed by atoms with Crippen LogP contribution in [-0.4, -0.2) is 24.2 Å². The van der Waals surface area contributed by atoms with Crippen LogP contribution in [0.5, 0.6) is 0 Å². The van der Waals surface area contributed by atoms with Crippen LogP contribution in [-0.2, 0) is 4.74 Å². The molecule has 0 bridgehead atoms. The van der Waals surface area contributed by atoms with E-state index in [1.54, 1.807) is 0 Å². The van der Waals surface area contributed by atoms with Gasteiger partial charge in [0.05, 0.1) is 6.10 Å². The highest BCUT2D eigenvalue weighted by Crippen LogP contribution is 2.23. The number of ether oxygens (including phenoxy) is 1. The topological polar surface area (TPSA) is 34.1 Å². The smallest absolute Gasteiger partial charge is 0.0576 e. The van der Waals surface area contributed by atoms with Crippen molar-refractivity contribution >= 4 is 0 Å². The molecule has 0 spiro atoms. The molecule has 0 amide bonds. The lowest BCUT2D eigenvalue weighted by Gasteiger charge is -2.19. The van der Waals surface area contributed by atoms with Crippen molar-refractivity contribution in [2.75, 3.05) is 13.2 Å². The fourth-order valence-electron chi connectivity index (χ4n) is 2.44. The van der Waals surface area contributed by atoms with E-state index in [2.05, 4.69) is 23.3 Å². The van der Waals surface area contributed by atoms with Crippen molar-refractivity contribution in [2.45, 2.75) is 44.8 Å². The number of hydrogen-bond donors (Lipinski definition) is 1. The second-order valence-electron chi connectivity index (χ2n) is 4.61. The van der Waals surface area contributed by atoms with Crippen molar-refractivity contribution in [3.63, 3.8) is 0 Å². The van der Waals surface area contributed by atoms with Gasteiger partial charge in [0.25, 0.3) is 0 Å². The van der Waals surface area contributed by atoms with Crippen LogP contribution in [0.1, 0.15) is 44.2 Å². The molecule has 0 radical (unpaired) electrons. The normalized spacial score (nSPS) is 21.6. The van der Waals surface area contributed by atoms with Crippen molar-refractivity contribution < 1.29 is 4.74 Å². The van der Waals surface area contributed by atoms with Gasteiger partial charge in [0.1, 0.15) is 0 Å². The van der Waals surface area contributed by atoms with Gasteiger partial charge in [0.15, 0.2) is 0 Å². The Morgan fingerprint density at radius 2 is 2.53 bits per heavy atom. The van der Waals surface area contributed by atoms with Gasteiger partial charge in [-0.05, 0) is 43.9 Å². The van der Waals surface area contributed by atoms with Crippen molar-refractivity contribution in [2.24, 2.45) is 0 Å². The zero-order chi connectivity index (χ0) is 11.9. The predicted octanol–water partition coefficient (Wildman–Crippen LogP) is 2.69. The average molecular weight is 234 g/mol. The molecule has 1 aliphatic rings. The monoisotopic (exact) mass is 234 g/mol. The molecule has 0 saturated carbocycles. The summed E-state index contributed by atoms with van der Waals surface area (Å²) < 4.78 is 5.67. The highest BCUT2D eigenvalue weighted by Gasteiger charge is 2.18. The van der Waals surface area contributed by atoms with E-state index in [9.17, 15) is 0 Å². The summed E-state index contributed by atoms with van der Waals surface area (Å²) in [6, 6.07) is 4.57. The van der Waals surface area contributed by atoms with Gasteiger partial charge in [0.2, 0.25) is 0 Å². The zero-order valence-electron chi connectivity index (χ0n) is 10.6. The van der Waals surface area contributed by atoms with Gasteiger partial charge < -0.3 is 10.1 Å². The third-order valence-electron chi connectivity index (χ3n) is 3.34. The highest BCUT2D eigenvalue weighted by atomic mass is 16.5. The van der Waals surface area contributed by atoms with Crippen molar-refractivity contribution in [1.82, 2.24) is 10.3 Å². The standard InChI is InChI=1S/C14H22N2O/c1-2-16-14(12-5-3-9-15-11-12)8-7-13-6-4-10-17-13/h3,5,9,11,13-14,16H,2,4,6-8,10H2,1H3. The van der Waals surface area contributed by atoms with Crippen LogP contribution in [0.2, 0.25) is 0 Å². The molecule has 1 fully saturated rings. The molecule has 2 heterocycles. The Morgan fingerprint density at radius 3 is 3.18 bits per heavy atom. The van der Waals surface area contributed by atoms with Crippen LogP contribution in [0.25, 0.3) is 0 Å². The van der Waals surface area contributed by atoms with E-state index in [0.29, 0.717) is 12.1 Å². The van der Waals surface area contributed by atoms with Crippen LogP contribution >= 0.6 is 0 Å². The molecule has 2 atom stereocenters. The van der Waals surface area contributed by atoms with Crippen LogP contribution in [0.4, 0.5) is 0 Å². The van der Waals surface area contributed by atoms with E-state index in [1.165, 1.54) is 18.4 Å². The molecule has 1 N–H and O–H groups in total. The molecule has 0 aliphatic carbocycles. The molecular formula is C14H22N2O. The Bertz CT molecular complexity index is 309. The van der Waals surface area contributed by atoms with Gasteiger partial charge in [-0.25, -0.2) is 0 Å². The van der Waals surface area contributed by atoms with Gasteiger partial charge in [-0.2, -0.15) is 0 Å². The minimum Gasteiger partial charge on any atom is -0.378 e. The van der Waals surface area contributed by atoms with Crippen molar-refractivity contribution in [3.05, 3.63) is 30.1 Å². The van der Waals surface area contributed by atoms with E-state index >= 15 is 0 Å². The molecule has 17 heavy (non-hydrogen) atoms. The number of hydrogen-bond acceptors (Lipinski definition) is 3. The molecule has 0 aromatic carbocycles. The molecular weight excluding hydrogens is 212 g/mol. The Hall–Kier alpha value is -0.930. The molecule has 2 rings (SSSR count). The molecule has 1 saturated heterocycles. The van der Waals surface area contributed by atoms with Gasteiger partial charge >= 0.3 is 0 Å². The second-order valence-corrected chi connectivity index (χ2v) is 4.61. The first-order valence-corrected chi connectivity index (χ1v) is 6.65. The maximum atomic E-state index is 5.67. The lowest BCUT2D eigenvalue weighted by atomic mass is 10.0. The summed E-state index contributed by atoms with van der Waals surface area (Å²) in [6.07, 6.45) is 8.99. The zero-order valence-corrected chi connectivity index (χ0v) is 10.6. The Kier molecular flexibility index (Phi) is 4.95. The first-order chi connectivity index (χ1) is 8.40. The first kappa shape index (κ1) is 12.5. The Balaban J connectivity index is 1.88. The van der Waals surface area contributed by atoms with Crippen molar-refractivity contribution in [1.29, 1.82) is 0 Å². The van der Waals surface area contributed by atoms with E-state index in [-0.39, 0.29) is 0 Å². The summed E-state index contributed by atoms with van der Waals surface area (Å²) in [5.41, 5.74) is 1.28. The van der Waals surface area contributed by atoms with Gasteiger partial charge in [-0.1, -0.05) is 13.0 Å². The minimum absolute atomic E-state index is 0.415. The SMILES string of the molecule is CCNC(CCC1CCCO1)c1cccnc1. The summed E-state index contributed by atoms with van der Waals surface area (Å²) in [6.45, 7) is 4.09. The van der Waals surface area contributed by atoms with Crippen LogP contribution in [0, 0.1) is 0 Å². The number of aromatic nitrogens is 1. The van der Waals surface area contributed by atoms with Gasteiger partial charge in [-0.15, -0.1) is 0 Å². The first-order valence-electron chi connectivity index (χ1n) is 6.65. The largest absolute Gasteiger partial charge is 0.378 e. The average Bonchev–Trinajstić information content (AvgIpc) is 2.88. The summed E-state index contributed by atoms with van der Waals surface area (Å²) in [4.78, 5) is 4.20. The van der Waals surface area contributed by atoms with Crippen LogP contribution in [0.3, 0.4) is 0 Å². The summed E-state index contributed by atoms with van der Waals surface area (Å²) >= 11 is 0. The van der Waals surface area contributed by atoms with E-state index in [0.717, 1.165) is 26.0 Å². The molecule has 2 unspecified atom stereocenters. The molecule has 3 nitrogen and oxygen atoms in total. The lowest BCUT2D eigenvalue weighted by Crippen LogP contribution is -2.22. The molecule has 94 valence electrons. The molecule has 1 aromatic heterocycles. The highest BCUT2D eigenvalue weighted by molar-refractivity contribution is 5.13. The third-order valence-corrected chi connectivity index (χ3v) is 3.34. The van der Waals surface area contributed by atoms with Gasteiger partial charge in [0, 0.05) is 25.0 Å². The quantitative estimate of drug-likeness (QED) is 0.821. The minimum atomic E-state index is 0.415. The third kappa shape index (κ3) is 3.79. The number of nitrogens with zero attached hydrogens (tertiary/aromatic N) is 1. The van der Waals surface area contributed by atoms with Gasteiger partial charge in [-0.3, -0.25) is 4.98 Å². The van der Waals surface area contributed by atoms with E-state index in [4.69, 9.17) is 4.74 Å². The van der Waals surface area contributed by atoms with Crippen molar-refractivity contribution in [3.8, 4) is 0 Å². The number of rotatable bonds is 6. The lowest BCUT2D eigenvalue weighted by molar-refractivity contribution is 0.0996. The summed E-state index contributed by atoms with van der Waals surface area (Å²) in [5.74, 6) is 0. The Labute approximate surface area is 104 Å². The van der Waals surface area contributed by atoms with E-state index in [1.807, 2.05) is 18.5 Å². The fourth-order valence-corrected chi connectivity index (χ4v) is 2.44. The summed E-state index contributed by atoms with van der Waals surface area (Å²) in [5, 5.41) is 3.53. The maximum absolute atomic E-state index is 5.67. The van der Waals surface area contributed by atoms with Crippen LogP contribution < -0.4 is 5.32 Å².